The first-order valence-electron chi connectivity index (χ1n) is 9.48. The predicted molar refractivity (Wildman–Crippen MR) is 128 cm³/mol. The molecule has 0 aliphatic carbocycles. The average Bonchev–Trinajstić information content (AvgIpc) is 3.43. The summed E-state index contributed by atoms with van der Waals surface area (Å²) in [5.41, 5.74) is 1.84. The second kappa shape index (κ2) is 9.84. The number of carbonyl (C=O) groups excluding carboxylic acids is 1. The van der Waals surface area contributed by atoms with Crippen molar-refractivity contribution >= 4 is 51.7 Å². The molecule has 158 valence electrons. The fourth-order valence-corrected chi connectivity index (χ4v) is 4.00. The molecule has 32 heavy (non-hydrogen) atoms. The molecule has 0 saturated heterocycles. The number of nitrogens with zero attached hydrogens (tertiary/aromatic N) is 2. The number of nitriles is 1. The minimum absolute atomic E-state index is 0.0866. The summed E-state index contributed by atoms with van der Waals surface area (Å²) in [6.07, 6.45) is 3.78. The molecule has 4 aromatic rings. The molecule has 0 atom stereocenters. The van der Waals surface area contributed by atoms with Crippen LogP contribution in [0.3, 0.4) is 0 Å². The SMILES string of the molecule is N#C/C(=C\c1ccc(-c2ccc(Cl)cc2)o1)C(=O)Nc1ncc(Cc2ccc(Cl)cc2)s1. The molecule has 5 nitrogen and oxygen atoms in total. The van der Waals surface area contributed by atoms with Gasteiger partial charge < -0.3 is 4.42 Å². The van der Waals surface area contributed by atoms with E-state index in [2.05, 4.69) is 10.3 Å². The van der Waals surface area contributed by atoms with Crippen LogP contribution in [-0.2, 0) is 11.2 Å². The van der Waals surface area contributed by atoms with Crippen LogP contribution in [0.1, 0.15) is 16.2 Å². The lowest BCUT2D eigenvalue weighted by Gasteiger charge is -2.00. The number of hydrogen-bond donors (Lipinski definition) is 1. The van der Waals surface area contributed by atoms with E-state index in [4.69, 9.17) is 27.6 Å². The van der Waals surface area contributed by atoms with E-state index in [-0.39, 0.29) is 5.57 Å². The molecule has 0 bridgehead atoms. The van der Waals surface area contributed by atoms with Crippen LogP contribution in [0, 0.1) is 11.3 Å². The zero-order valence-corrected chi connectivity index (χ0v) is 18.8. The highest BCUT2D eigenvalue weighted by atomic mass is 35.5. The van der Waals surface area contributed by atoms with Gasteiger partial charge in [-0.1, -0.05) is 35.3 Å². The number of furan rings is 1. The minimum atomic E-state index is -0.552. The maximum absolute atomic E-state index is 12.6. The van der Waals surface area contributed by atoms with Gasteiger partial charge in [0.15, 0.2) is 5.13 Å². The van der Waals surface area contributed by atoms with Crippen LogP contribution in [0.2, 0.25) is 10.0 Å². The Bertz CT molecular complexity index is 1320. The Labute approximate surface area is 198 Å². The summed E-state index contributed by atoms with van der Waals surface area (Å²) in [6, 6.07) is 20.1. The van der Waals surface area contributed by atoms with E-state index in [1.165, 1.54) is 17.4 Å². The number of benzene rings is 2. The molecule has 2 aromatic carbocycles. The summed E-state index contributed by atoms with van der Waals surface area (Å²) in [7, 11) is 0. The number of carbonyl (C=O) groups is 1. The maximum atomic E-state index is 12.6. The maximum Gasteiger partial charge on any atom is 0.268 e. The zero-order chi connectivity index (χ0) is 22.5. The first-order chi connectivity index (χ1) is 15.5. The van der Waals surface area contributed by atoms with Crippen molar-refractivity contribution in [3.8, 4) is 17.4 Å². The standard InChI is InChI=1S/C24H15Cl2N3O2S/c25-18-5-1-15(2-6-18)11-21-14-28-24(32-21)29-23(30)17(13-27)12-20-9-10-22(31-20)16-3-7-19(26)8-4-16/h1-10,12,14H,11H2,(H,28,29,30)/b17-12+. The Hall–Kier alpha value is -3.37. The monoisotopic (exact) mass is 479 g/mol. The van der Waals surface area contributed by atoms with Crippen LogP contribution in [0.25, 0.3) is 17.4 Å². The summed E-state index contributed by atoms with van der Waals surface area (Å²) < 4.78 is 5.75. The molecule has 1 amide bonds. The number of nitrogens with one attached hydrogen (secondary N) is 1. The Morgan fingerprint density at radius 3 is 2.44 bits per heavy atom. The van der Waals surface area contributed by atoms with Crippen molar-refractivity contribution in [2.24, 2.45) is 0 Å². The third-order valence-electron chi connectivity index (χ3n) is 4.47. The Morgan fingerprint density at radius 1 is 1.06 bits per heavy atom. The lowest BCUT2D eigenvalue weighted by atomic mass is 10.1. The third-order valence-corrected chi connectivity index (χ3v) is 5.89. The quantitative estimate of drug-likeness (QED) is 0.242. The van der Waals surface area contributed by atoms with E-state index in [1.807, 2.05) is 42.5 Å². The summed E-state index contributed by atoms with van der Waals surface area (Å²) >= 11 is 13.2. The van der Waals surface area contributed by atoms with Gasteiger partial charge in [-0.25, -0.2) is 4.98 Å². The van der Waals surface area contributed by atoms with Crippen molar-refractivity contribution < 1.29 is 9.21 Å². The largest absolute Gasteiger partial charge is 0.457 e. The first kappa shape index (κ1) is 21.8. The Morgan fingerprint density at radius 2 is 1.75 bits per heavy atom. The van der Waals surface area contributed by atoms with Crippen LogP contribution in [0.5, 0.6) is 0 Å². The molecule has 0 saturated carbocycles. The van der Waals surface area contributed by atoms with Gasteiger partial charge in [0, 0.05) is 39.2 Å². The zero-order valence-electron chi connectivity index (χ0n) is 16.5. The number of anilines is 1. The number of hydrogen-bond acceptors (Lipinski definition) is 5. The van der Waals surface area contributed by atoms with Crippen LogP contribution in [0.15, 0.2) is 76.9 Å². The van der Waals surface area contributed by atoms with E-state index in [9.17, 15) is 10.1 Å². The topological polar surface area (TPSA) is 78.9 Å². The molecule has 2 heterocycles. The van der Waals surface area contributed by atoms with Gasteiger partial charge in [0.1, 0.15) is 23.2 Å². The summed E-state index contributed by atoms with van der Waals surface area (Å²) in [5.74, 6) is 0.450. The fourth-order valence-electron chi connectivity index (χ4n) is 2.91. The number of halogens is 2. The minimum Gasteiger partial charge on any atom is -0.457 e. The second-order valence-electron chi connectivity index (χ2n) is 6.77. The normalized spacial score (nSPS) is 11.2. The van der Waals surface area contributed by atoms with Crippen molar-refractivity contribution in [2.45, 2.75) is 6.42 Å². The lowest BCUT2D eigenvalue weighted by Crippen LogP contribution is -2.13. The molecular formula is C24H15Cl2N3O2S. The van der Waals surface area contributed by atoms with Gasteiger partial charge in [-0.3, -0.25) is 10.1 Å². The lowest BCUT2D eigenvalue weighted by molar-refractivity contribution is -0.112. The van der Waals surface area contributed by atoms with Gasteiger partial charge in [0.05, 0.1) is 0 Å². The number of aromatic nitrogens is 1. The van der Waals surface area contributed by atoms with E-state index in [1.54, 1.807) is 30.5 Å². The number of rotatable bonds is 6. The van der Waals surface area contributed by atoms with Gasteiger partial charge in [-0.15, -0.1) is 11.3 Å². The summed E-state index contributed by atoms with van der Waals surface area (Å²) in [4.78, 5) is 17.8. The third kappa shape index (κ3) is 5.45. The van der Waals surface area contributed by atoms with E-state index < -0.39 is 5.91 Å². The van der Waals surface area contributed by atoms with E-state index in [0.29, 0.717) is 33.1 Å². The van der Waals surface area contributed by atoms with E-state index >= 15 is 0 Å². The molecule has 8 heteroatoms. The highest BCUT2D eigenvalue weighted by Gasteiger charge is 2.14. The summed E-state index contributed by atoms with van der Waals surface area (Å²) in [6.45, 7) is 0. The van der Waals surface area contributed by atoms with Crippen LogP contribution in [-0.4, -0.2) is 10.9 Å². The van der Waals surface area contributed by atoms with Crippen LogP contribution < -0.4 is 5.32 Å². The molecule has 0 spiro atoms. The molecule has 0 aliphatic rings. The molecule has 0 fully saturated rings. The van der Waals surface area contributed by atoms with Gasteiger partial charge >= 0.3 is 0 Å². The van der Waals surface area contributed by atoms with Crippen molar-refractivity contribution in [1.82, 2.24) is 4.98 Å². The van der Waals surface area contributed by atoms with E-state index in [0.717, 1.165) is 16.0 Å². The van der Waals surface area contributed by atoms with Crippen molar-refractivity contribution in [1.29, 1.82) is 5.26 Å². The van der Waals surface area contributed by atoms with Gasteiger partial charge in [0.25, 0.3) is 5.91 Å². The van der Waals surface area contributed by atoms with Crippen molar-refractivity contribution in [3.05, 3.63) is 98.7 Å². The highest BCUT2D eigenvalue weighted by molar-refractivity contribution is 7.15. The second-order valence-corrected chi connectivity index (χ2v) is 8.76. The molecule has 0 aliphatic heterocycles. The first-order valence-corrected chi connectivity index (χ1v) is 11.1. The number of thiazole rings is 1. The van der Waals surface area contributed by atoms with Gasteiger partial charge in [-0.05, 0) is 54.1 Å². The van der Waals surface area contributed by atoms with Gasteiger partial charge in [-0.2, -0.15) is 5.26 Å². The molecule has 0 radical (unpaired) electrons. The Kier molecular flexibility index (Phi) is 6.72. The van der Waals surface area contributed by atoms with Gasteiger partial charge in [0.2, 0.25) is 0 Å². The van der Waals surface area contributed by atoms with Crippen LogP contribution >= 0.6 is 34.5 Å². The molecular weight excluding hydrogens is 465 g/mol. The molecule has 0 unspecified atom stereocenters. The highest BCUT2D eigenvalue weighted by Crippen LogP contribution is 2.26. The predicted octanol–water partition coefficient (Wildman–Crippen LogP) is 6.85. The van der Waals surface area contributed by atoms with Crippen molar-refractivity contribution in [3.63, 3.8) is 0 Å². The fraction of sp³-hybridized carbons (Fsp3) is 0.0417. The molecule has 4 rings (SSSR count). The average molecular weight is 480 g/mol. The molecule has 2 aromatic heterocycles. The molecule has 1 N–H and O–H groups in total. The Balaban J connectivity index is 1.44. The summed E-state index contributed by atoms with van der Waals surface area (Å²) in [5, 5.41) is 13.8. The van der Waals surface area contributed by atoms with Crippen LogP contribution in [0.4, 0.5) is 5.13 Å². The smallest absolute Gasteiger partial charge is 0.268 e. The number of amides is 1. The van der Waals surface area contributed by atoms with Crippen molar-refractivity contribution in [2.75, 3.05) is 5.32 Å².